The van der Waals surface area contributed by atoms with Crippen LogP contribution in [0.5, 0.6) is 0 Å². The van der Waals surface area contributed by atoms with E-state index in [-0.39, 0.29) is 30.3 Å². The van der Waals surface area contributed by atoms with Gasteiger partial charge in [-0.15, -0.1) is 0 Å². The first-order valence-electron chi connectivity index (χ1n) is 6.74. The standard InChI is InChI=1S/C13H23N3O2/c1-9(2)12-13(18)16(8-11(17)14-12)7-10-4-5-15(3)6-10/h9-10,12H,4-8H2,1-3H3,(H,14,17). The largest absolute Gasteiger partial charge is 0.343 e. The van der Waals surface area contributed by atoms with Gasteiger partial charge in [0.05, 0.1) is 6.54 Å². The molecule has 2 unspecified atom stereocenters. The zero-order valence-corrected chi connectivity index (χ0v) is 11.5. The van der Waals surface area contributed by atoms with Crippen molar-refractivity contribution in [2.45, 2.75) is 26.3 Å². The number of amides is 2. The Hall–Kier alpha value is -1.10. The summed E-state index contributed by atoms with van der Waals surface area (Å²) < 4.78 is 0. The molecular weight excluding hydrogens is 230 g/mol. The Bertz CT molecular complexity index is 343. The van der Waals surface area contributed by atoms with Gasteiger partial charge in [0.2, 0.25) is 11.8 Å². The van der Waals surface area contributed by atoms with Gasteiger partial charge in [-0.3, -0.25) is 9.59 Å². The van der Waals surface area contributed by atoms with E-state index in [0.717, 1.165) is 26.1 Å². The van der Waals surface area contributed by atoms with Gasteiger partial charge >= 0.3 is 0 Å². The van der Waals surface area contributed by atoms with Crippen LogP contribution in [0.1, 0.15) is 20.3 Å². The Balaban J connectivity index is 1.98. The van der Waals surface area contributed by atoms with Crippen LogP contribution in [0.2, 0.25) is 0 Å². The maximum atomic E-state index is 12.3. The van der Waals surface area contributed by atoms with Crippen LogP contribution in [-0.2, 0) is 9.59 Å². The van der Waals surface area contributed by atoms with Crippen LogP contribution in [0.3, 0.4) is 0 Å². The van der Waals surface area contributed by atoms with Crippen LogP contribution in [0.25, 0.3) is 0 Å². The molecule has 2 aliphatic heterocycles. The number of hydrogen-bond donors (Lipinski definition) is 1. The fourth-order valence-electron chi connectivity index (χ4n) is 2.82. The molecular formula is C13H23N3O2. The second kappa shape index (κ2) is 5.26. The lowest BCUT2D eigenvalue weighted by Crippen LogP contribution is -2.60. The molecule has 2 atom stereocenters. The fourth-order valence-corrected chi connectivity index (χ4v) is 2.82. The lowest BCUT2D eigenvalue weighted by Gasteiger charge is -2.35. The fraction of sp³-hybridized carbons (Fsp3) is 0.846. The van der Waals surface area contributed by atoms with Gasteiger partial charge in [0.15, 0.2) is 0 Å². The van der Waals surface area contributed by atoms with E-state index in [9.17, 15) is 9.59 Å². The summed E-state index contributed by atoms with van der Waals surface area (Å²) in [5, 5.41) is 2.79. The number of carbonyl (C=O) groups excluding carboxylic acids is 2. The quantitative estimate of drug-likeness (QED) is 0.765. The summed E-state index contributed by atoms with van der Waals surface area (Å²) in [5.41, 5.74) is 0. The van der Waals surface area contributed by atoms with Crippen LogP contribution in [-0.4, -0.2) is 60.9 Å². The molecule has 1 N–H and O–H groups in total. The summed E-state index contributed by atoms with van der Waals surface area (Å²) >= 11 is 0. The van der Waals surface area contributed by atoms with E-state index < -0.39 is 0 Å². The minimum absolute atomic E-state index is 0.0281. The molecule has 0 aliphatic carbocycles. The average molecular weight is 253 g/mol. The van der Waals surface area contributed by atoms with Gasteiger partial charge in [-0.25, -0.2) is 0 Å². The zero-order valence-electron chi connectivity index (χ0n) is 11.5. The van der Waals surface area contributed by atoms with Gasteiger partial charge in [0.25, 0.3) is 0 Å². The van der Waals surface area contributed by atoms with E-state index in [0.29, 0.717) is 5.92 Å². The summed E-state index contributed by atoms with van der Waals surface area (Å²) in [6.45, 7) is 7.00. The number of nitrogens with one attached hydrogen (secondary N) is 1. The van der Waals surface area contributed by atoms with Crippen molar-refractivity contribution in [1.29, 1.82) is 0 Å². The summed E-state index contributed by atoms with van der Waals surface area (Å²) in [6, 6.07) is -0.342. The molecule has 0 saturated carbocycles. The molecule has 2 saturated heterocycles. The number of piperazine rings is 1. The number of rotatable bonds is 3. The molecule has 5 heteroatoms. The molecule has 2 heterocycles. The van der Waals surface area contributed by atoms with E-state index in [2.05, 4.69) is 17.3 Å². The highest BCUT2D eigenvalue weighted by molar-refractivity contribution is 5.94. The first-order chi connectivity index (χ1) is 8.47. The molecule has 0 bridgehead atoms. The molecule has 0 aromatic carbocycles. The zero-order chi connectivity index (χ0) is 13.3. The van der Waals surface area contributed by atoms with Gasteiger partial charge in [0.1, 0.15) is 6.04 Å². The van der Waals surface area contributed by atoms with E-state index in [4.69, 9.17) is 0 Å². The monoisotopic (exact) mass is 253 g/mol. The van der Waals surface area contributed by atoms with Gasteiger partial charge in [-0.1, -0.05) is 13.8 Å². The highest BCUT2D eigenvalue weighted by Gasteiger charge is 2.36. The highest BCUT2D eigenvalue weighted by Crippen LogP contribution is 2.18. The Labute approximate surface area is 108 Å². The van der Waals surface area contributed by atoms with Gasteiger partial charge in [0, 0.05) is 13.1 Å². The SMILES string of the molecule is CC(C)C1NC(=O)CN(CC2CCN(C)C2)C1=O. The Morgan fingerprint density at radius 1 is 1.39 bits per heavy atom. The number of likely N-dealkylation sites (tertiary alicyclic amines) is 1. The van der Waals surface area contributed by atoms with Crippen molar-refractivity contribution in [2.75, 3.05) is 33.2 Å². The normalized spacial score (nSPS) is 30.1. The Morgan fingerprint density at radius 2 is 2.11 bits per heavy atom. The lowest BCUT2D eigenvalue weighted by atomic mass is 9.99. The third-order valence-corrected chi connectivity index (χ3v) is 3.86. The summed E-state index contributed by atoms with van der Waals surface area (Å²) in [6.07, 6.45) is 1.12. The number of hydrogen-bond acceptors (Lipinski definition) is 3. The molecule has 18 heavy (non-hydrogen) atoms. The molecule has 0 aromatic heterocycles. The van der Waals surface area contributed by atoms with Gasteiger partial charge < -0.3 is 15.1 Å². The summed E-state index contributed by atoms with van der Waals surface area (Å²) in [5.74, 6) is 0.715. The van der Waals surface area contributed by atoms with E-state index in [1.807, 2.05) is 13.8 Å². The third kappa shape index (κ3) is 2.83. The van der Waals surface area contributed by atoms with Gasteiger partial charge in [-0.2, -0.15) is 0 Å². The third-order valence-electron chi connectivity index (χ3n) is 3.86. The van der Waals surface area contributed by atoms with Crippen molar-refractivity contribution in [3.05, 3.63) is 0 Å². The van der Waals surface area contributed by atoms with E-state index in [1.54, 1.807) is 4.90 Å². The first-order valence-corrected chi connectivity index (χ1v) is 6.74. The average Bonchev–Trinajstić information content (AvgIpc) is 2.68. The summed E-state index contributed by atoms with van der Waals surface area (Å²) in [4.78, 5) is 28.0. The molecule has 102 valence electrons. The van der Waals surface area contributed by atoms with Gasteiger partial charge in [-0.05, 0) is 31.8 Å². The van der Waals surface area contributed by atoms with Crippen LogP contribution in [0, 0.1) is 11.8 Å². The molecule has 2 rings (SSSR count). The van der Waals surface area contributed by atoms with Crippen molar-refractivity contribution in [2.24, 2.45) is 11.8 Å². The predicted molar refractivity (Wildman–Crippen MR) is 69.0 cm³/mol. The second-order valence-corrected chi connectivity index (χ2v) is 5.92. The molecule has 5 nitrogen and oxygen atoms in total. The minimum Gasteiger partial charge on any atom is -0.343 e. The first kappa shape index (κ1) is 13.3. The van der Waals surface area contributed by atoms with Crippen molar-refractivity contribution in [3.63, 3.8) is 0 Å². The summed E-state index contributed by atoms with van der Waals surface area (Å²) in [7, 11) is 2.10. The second-order valence-electron chi connectivity index (χ2n) is 5.92. The molecule has 0 radical (unpaired) electrons. The van der Waals surface area contributed by atoms with Crippen LogP contribution in [0.15, 0.2) is 0 Å². The maximum absolute atomic E-state index is 12.3. The van der Waals surface area contributed by atoms with Crippen molar-refractivity contribution < 1.29 is 9.59 Å². The smallest absolute Gasteiger partial charge is 0.245 e. The van der Waals surface area contributed by atoms with E-state index >= 15 is 0 Å². The highest BCUT2D eigenvalue weighted by atomic mass is 16.2. The maximum Gasteiger partial charge on any atom is 0.245 e. The van der Waals surface area contributed by atoms with E-state index in [1.165, 1.54) is 0 Å². The van der Waals surface area contributed by atoms with Crippen molar-refractivity contribution >= 4 is 11.8 Å². The topological polar surface area (TPSA) is 52.7 Å². The molecule has 0 aromatic rings. The lowest BCUT2D eigenvalue weighted by molar-refractivity contribution is -0.146. The van der Waals surface area contributed by atoms with Crippen molar-refractivity contribution in [1.82, 2.24) is 15.1 Å². The Kier molecular flexibility index (Phi) is 3.90. The Morgan fingerprint density at radius 3 is 2.67 bits per heavy atom. The molecule has 2 amide bonds. The molecule has 2 aliphatic rings. The number of carbonyl (C=O) groups is 2. The predicted octanol–water partition coefficient (Wildman–Crippen LogP) is -0.0789. The van der Waals surface area contributed by atoms with Crippen molar-refractivity contribution in [3.8, 4) is 0 Å². The minimum atomic E-state index is -0.342. The number of nitrogens with zero attached hydrogens (tertiary/aromatic N) is 2. The van der Waals surface area contributed by atoms with Crippen LogP contribution in [0.4, 0.5) is 0 Å². The molecule has 0 spiro atoms. The van der Waals surface area contributed by atoms with Crippen LogP contribution < -0.4 is 5.32 Å². The van der Waals surface area contributed by atoms with Crippen LogP contribution >= 0.6 is 0 Å². The molecule has 2 fully saturated rings.